The summed E-state index contributed by atoms with van der Waals surface area (Å²) in [5, 5.41) is 4.24. The van der Waals surface area contributed by atoms with E-state index >= 15 is 0 Å². The van der Waals surface area contributed by atoms with Gasteiger partial charge in [0.1, 0.15) is 0 Å². The van der Waals surface area contributed by atoms with Crippen LogP contribution in [-0.2, 0) is 0 Å². The summed E-state index contributed by atoms with van der Waals surface area (Å²) in [6.07, 6.45) is 5.31. The summed E-state index contributed by atoms with van der Waals surface area (Å²) >= 11 is 1.61. The van der Waals surface area contributed by atoms with E-state index in [2.05, 4.69) is 10.1 Å². The highest BCUT2D eigenvalue weighted by Crippen LogP contribution is 2.23. The van der Waals surface area contributed by atoms with Crippen molar-refractivity contribution in [2.75, 3.05) is 6.26 Å². The second-order valence-corrected chi connectivity index (χ2v) is 4.49. The van der Waals surface area contributed by atoms with Crippen LogP contribution in [-0.4, -0.2) is 26.8 Å². The summed E-state index contributed by atoms with van der Waals surface area (Å²) in [5.74, 6) is 0.792. The lowest BCUT2D eigenvalue weighted by Crippen LogP contribution is -2.04. The van der Waals surface area contributed by atoms with Crippen molar-refractivity contribution < 1.29 is 4.79 Å². The van der Waals surface area contributed by atoms with Crippen LogP contribution in [0.1, 0.15) is 23.0 Å². The maximum Gasteiger partial charge on any atom is 0.167 e. The Labute approximate surface area is 104 Å². The molecule has 5 heteroatoms. The predicted octanol–water partition coefficient (Wildman–Crippen LogP) is 2.50. The van der Waals surface area contributed by atoms with E-state index in [1.165, 1.54) is 0 Å². The quantitative estimate of drug-likeness (QED) is 0.617. The maximum absolute atomic E-state index is 11.4. The zero-order chi connectivity index (χ0) is 12.4. The first-order chi connectivity index (χ1) is 8.15. The third-order valence-electron chi connectivity index (χ3n) is 2.56. The Hall–Kier alpha value is -1.62. The van der Waals surface area contributed by atoms with Gasteiger partial charge >= 0.3 is 0 Å². The second-order valence-electron chi connectivity index (χ2n) is 3.64. The van der Waals surface area contributed by atoms with E-state index in [1.807, 2.05) is 25.3 Å². The van der Waals surface area contributed by atoms with Gasteiger partial charge in [-0.15, -0.1) is 11.8 Å². The molecule has 0 N–H and O–H groups in total. The molecule has 0 aliphatic carbocycles. The van der Waals surface area contributed by atoms with Gasteiger partial charge in [0.25, 0.3) is 0 Å². The van der Waals surface area contributed by atoms with Crippen LogP contribution in [0.25, 0.3) is 5.82 Å². The van der Waals surface area contributed by atoms with Gasteiger partial charge in [-0.1, -0.05) is 0 Å². The molecule has 4 nitrogen and oxygen atoms in total. The summed E-state index contributed by atoms with van der Waals surface area (Å²) < 4.78 is 1.71. The summed E-state index contributed by atoms with van der Waals surface area (Å²) in [5.41, 5.74) is 1.47. The molecule has 0 fully saturated rings. The molecule has 0 aliphatic rings. The molecule has 88 valence electrons. The zero-order valence-corrected chi connectivity index (χ0v) is 10.8. The Morgan fingerprint density at radius 1 is 1.47 bits per heavy atom. The van der Waals surface area contributed by atoms with Crippen molar-refractivity contribution in [2.45, 2.75) is 18.7 Å². The lowest BCUT2D eigenvalue weighted by atomic mass is 10.2. The fraction of sp³-hybridized carbons (Fsp3) is 0.250. The molecule has 0 radical (unpaired) electrons. The lowest BCUT2D eigenvalue weighted by molar-refractivity contribution is 0.101. The van der Waals surface area contributed by atoms with E-state index in [0.29, 0.717) is 5.56 Å². The van der Waals surface area contributed by atoms with Crippen LogP contribution in [0.4, 0.5) is 0 Å². The van der Waals surface area contributed by atoms with Gasteiger partial charge in [-0.25, -0.2) is 9.67 Å². The van der Waals surface area contributed by atoms with E-state index in [0.717, 1.165) is 16.4 Å². The fourth-order valence-electron chi connectivity index (χ4n) is 1.67. The highest BCUT2D eigenvalue weighted by Gasteiger charge is 2.14. The van der Waals surface area contributed by atoms with Gasteiger partial charge in [0.2, 0.25) is 0 Å². The molecule has 2 heterocycles. The average molecular weight is 247 g/mol. The standard InChI is InChI=1S/C12H13N3OS/c1-8-10(9(2)16)7-14-15(8)12-11(17-3)5-4-6-13-12/h4-7H,1-3H3. The van der Waals surface area contributed by atoms with Gasteiger partial charge in [0.05, 0.1) is 22.3 Å². The molecule has 0 amide bonds. The number of Topliss-reactive ketones (excluding diaryl/α,β-unsaturated/α-hetero) is 1. The van der Waals surface area contributed by atoms with Crippen LogP contribution in [0.2, 0.25) is 0 Å². The van der Waals surface area contributed by atoms with Gasteiger partial charge < -0.3 is 0 Å². The molecule has 0 aliphatic heterocycles. The SMILES string of the molecule is CSc1cccnc1-n1ncc(C(C)=O)c1C. The van der Waals surface area contributed by atoms with E-state index in [-0.39, 0.29) is 5.78 Å². The van der Waals surface area contributed by atoms with E-state index < -0.39 is 0 Å². The molecule has 0 bridgehead atoms. The molecule has 0 aromatic carbocycles. The molecule has 17 heavy (non-hydrogen) atoms. The molecule has 2 aromatic heterocycles. The molecule has 0 unspecified atom stereocenters. The number of nitrogens with zero attached hydrogens (tertiary/aromatic N) is 3. The molecular weight excluding hydrogens is 234 g/mol. The summed E-state index contributed by atoms with van der Waals surface area (Å²) in [6.45, 7) is 3.42. The average Bonchev–Trinajstić information content (AvgIpc) is 2.71. The molecule has 2 aromatic rings. The first kappa shape index (κ1) is 11.9. The van der Waals surface area contributed by atoms with Crippen molar-refractivity contribution in [3.63, 3.8) is 0 Å². The highest BCUT2D eigenvalue weighted by atomic mass is 32.2. The van der Waals surface area contributed by atoms with Crippen molar-refractivity contribution in [1.82, 2.24) is 14.8 Å². The summed E-state index contributed by atoms with van der Waals surface area (Å²) in [7, 11) is 0. The van der Waals surface area contributed by atoms with Gasteiger partial charge in [0.15, 0.2) is 11.6 Å². The van der Waals surface area contributed by atoms with Crippen molar-refractivity contribution in [1.29, 1.82) is 0 Å². The molecule has 0 saturated heterocycles. The lowest BCUT2D eigenvalue weighted by Gasteiger charge is -2.07. The largest absolute Gasteiger partial charge is 0.294 e. The van der Waals surface area contributed by atoms with Crippen LogP contribution in [0.3, 0.4) is 0 Å². The van der Waals surface area contributed by atoms with Gasteiger partial charge in [-0.2, -0.15) is 5.10 Å². The molecule has 2 rings (SSSR count). The van der Waals surface area contributed by atoms with Crippen molar-refractivity contribution in [2.24, 2.45) is 0 Å². The van der Waals surface area contributed by atoms with Crippen LogP contribution in [0.5, 0.6) is 0 Å². The third-order valence-corrected chi connectivity index (χ3v) is 3.32. The Kier molecular flexibility index (Phi) is 3.28. The van der Waals surface area contributed by atoms with E-state index in [4.69, 9.17) is 0 Å². The normalized spacial score (nSPS) is 10.5. The topological polar surface area (TPSA) is 47.8 Å². The maximum atomic E-state index is 11.4. The highest BCUT2D eigenvalue weighted by molar-refractivity contribution is 7.98. The van der Waals surface area contributed by atoms with Crippen LogP contribution in [0.15, 0.2) is 29.4 Å². The Morgan fingerprint density at radius 3 is 2.82 bits per heavy atom. The van der Waals surface area contributed by atoms with Crippen molar-refractivity contribution >= 4 is 17.5 Å². The summed E-state index contributed by atoms with van der Waals surface area (Å²) in [6, 6.07) is 3.88. The number of thioether (sulfide) groups is 1. The number of ketones is 1. The minimum atomic E-state index is 0.0235. The molecular formula is C12H13N3OS. The van der Waals surface area contributed by atoms with Crippen LogP contribution < -0.4 is 0 Å². The fourth-order valence-corrected chi connectivity index (χ4v) is 2.21. The first-order valence-electron chi connectivity index (χ1n) is 5.20. The van der Waals surface area contributed by atoms with E-state index in [9.17, 15) is 4.79 Å². The van der Waals surface area contributed by atoms with Crippen LogP contribution >= 0.6 is 11.8 Å². The molecule has 0 spiro atoms. The smallest absolute Gasteiger partial charge is 0.167 e. The second kappa shape index (κ2) is 4.71. The minimum Gasteiger partial charge on any atom is -0.294 e. The van der Waals surface area contributed by atoms with Crippen molar-refractivity contribution in [3.05, 3.63) is 35.8 Å². The monoisotopic (exact) mass is 247 g/mol. The van der Waals surface area contributed by atoms with Gasteiger partial charge in [-0.3, -0.25) is 4.79 Å². The number of pyridine rings is 1. The zero-order valence-electron chi connectivity index (χ0n) is 9.97. The van der Waals surface area contributed by atoms with Gasteiger partial charge in [0, 0.05) is 6.20 Å². The first-order valence-corrected chi connectivity index (χ1v) is 6.42. The Balaban J connectivity index is 2.57. The number of rotatable bonds is 3. The van der Waals surface area contributed by atoms with E-state index in [1.54, 1.807) is 35.8 Å². The number of aromatic nitrogens is 3. The Bertz CT molecular complexity index is 563. The number of hydrogen-bond donors (Lipinski definition) is 0. The molecule has 0 saturated carbocycles. The molecule has 0 atom stereocenters. The van der Waals surface area contributed by atoms with Crippen LogP contribution in [0, 0.1) is 6.92 Å². The van der Waals surface area contributed by atoms with Crippen molar-refractivity contribution in [3.8, 4) is 5.82 Å². The predicted molar refractivity (Wildman–Crippen MR) is 67.9 cm³/mol. The Morgan fingerprint density at radius 2 is 2.24 bits per heavy atom. The third kappa shape index (κ3) is 2.10. The minimum absolute atomic E-state index is 0.0235. The summed E-state index contributed by atoms with van der Waals surface area (Å²) in [4.78, 5) is 16.7. The number of carbonyl (C=O) groups excluding carboxylic acids is 1. The number of carbonyl (C=O) groups is 1. The number of hydrogen-bond acceptors (Lipinski definition) is 4. The van der Waals surface area contributed by atoms with Gasteiger partial charge in [-0.05, 0) is 32.2 Å².